The Balaban J connectivity index is 2.08. The number of nitrogens with one attached hydrogen (secondary N) is 1. The summed E-state index contributed by atoms with van der Waals surface area (Å²) in [6.45, 7) is 6.03. The van der Waals surface area contributed by atoms with Crippen molar-refractivity contribution in [2.45, 2.75) is 18.7 Å². The number of ether oxygens (including phenoxy) is 1. The van der Waals surface area contributed by atoms with E-state index in [1.54, 1.807) is 4.90 Å². The van der Waals surface area contributed by atoms with Crippen LogP contribution in [0.1, 0.15) is 24.2 Å². The summed E-state index contributed by atoms with van der Waals surface area (Å²) < 4.78 is 31.9. The van der Waals surface area contributed by atoms with Gasteiger partial charge in [0.1, 0.15) is 0 Å². The number of likely N-dealkylation sites (N-methyl/N-ethyl adjacent to an activating group) is 1. The highest BCUT2D eigenvalue weighted by molar-refractivity contribution is 7.89. The van der Waals surface area contributed by atoms with Crippen molar-refractivity contribution in [1.82, 2.24) is 14.5 Å². The van der Waals surface area contributed by atoms with Gasteiger partial charge in [-0.2, -0.15) is 4.31 Å². The summed E-state index contributed by atoms with van der Waals surface area (Å²) in [6.07, 6.45) is 0. The lowest BCUT2D eigenvalue weighted by Gasteiger charge is -2.26. The molecule has 1 aromatic rings. The molecule has 9 heteroatoms. The molecule has 1 fully saturated rings. The van der Waals surface area contributed by atoms with Crippen LogP contribution in [0.5, 0.6) is 0 Å². The van der Waals surface area contributed by atoms with Crippen molar-refractivity contribution in [2.24, 2.45) is 0 Å². The van der Waals surface area contributed by atoms with E-state index in [-0.39, 0.29) is 36.0 Å². The van der Waals surface area contributed by atoms with Gasteiger partial charge in [-0.25, -0.2) is 8.42 Å². The van der Waals surface area contributed by atoms with Crippen molar-refractivity contribution >= 4 is 21.8 Å². The summed E-state index contributed by atoms with van der Waals surface area (Å²) in [7, 11) is -3.67. The lowest BCUT2D eigenvalue weighted by atomic mass is 10.2. The second kappa shape index (κ2) is 9.11. The molecule has 26 heavy (non-hydrogen) atoms. The number of nitrogens with zero attached hydrogens (tertiary/aromatic N) is 2. The Morgan fingerprint density at radius 3 is 2.46 bits per heavy atom. The summed E-state index contributed by atoms with van der Waals surface area (Å²) in [5, 5.41) is 2.55. The first-order valence-electron chi connectivity index (χ1n) is 8.64. The predicted molar refractivity (Wildman–Crippen MR) is 96.3 cm³/mol. The van der Waals surface area contributed by atoms with E-state index in [1.807, 2.05) is 13.8 Å². The number of amides is 2. The van der Waals surface area contributed by atoms with Gasteiger partial charge in [0.05, 0.1) is 24.7 Å². The first-order chi connectivity index (χ1) is 12.4. The van der Waals surface area contributed by atoms with Crippen LogP contribution in [0.15, 0.2) is 29.2 Å². The minimum Gasteiger partial charge on any atom is -0.379 e. The van der Waals surface area contributed by atoms with Gasteiger partial charge in [-0.3, -0.25) is 9.59 Å². The molecule has 0 unspecified atom stereocenters. The van der Waals surface area contributed by atoms with Crippen LogP contribution in [0.3, 0.4) is 0 Å². The van der Waals surface area contributed by atoms with Gasteiger partial charge in [0.25, 0.3) is 5.91 Å². The lowest BCUT2D eigenvalue weighted by molar-refractivity contribution is -0.129. The zero-order valence-corrected chi connectivity index (χ0v) is 15.9. The molecule has 2 rings (SSSR count). The Morgan fingerprint density at radius 2 is 1.85 bits per heavy atom. The SMILES string of the molecule is CCN(CC)C(=O)CNC(=O)c1cccc(S(=O)(=O)N2CCOCC2)c1. The molecule has 1 heterocycles. The zero-order valence-electron chi connectivity index (χ0n) is 15.1. The average molecular weight is 383 g/mol. The molecule has 0 saturated carbocycles. The highest BCUT2D eigenvalue weighted by atomic mass is 32.2. The zero-order chi connectivity index (χ0) is 19.2. The molecular formula is C17H25N3O5S. The molecule has 1 aliphatic heterocycles. The highest BCUT2D eigenvalue weighted by Gasteiger charge is 2.27. The molecule has 1 saturated heterocycles. The van der Waals surface area contributed by atoms with Crippen molar-refractivity contribution in [3.8, 4) is 0 Å². The molecule has 0 radical (unpaired) electrons. The van der Waals surface area contributed by atoms with Crippen LogP contribution < -0.4 is 5.32 Å². The number of rotatable bonds is 7. The van der Waals surface area contributed by atoms with E-state index in [1.165, 1.54) is 28.6 Å². The summed E-state index contributed by atoms with van der Waals surface area (Å²) in [5.41, 5.74) is 0.201. The second-order valence-corrected chi connectivity index (χ2v) is 7.73. The molecular weight excluding hydrogens is 358 g/mol. The topological polar surface area (TPSA) is 96.0 Å². The summed E-state index contributed by atoms with van der Waals surface area (Å²) in [6, 6.07) is 5.84. The van der Waals surface area contributed by atoms with E-state index in [4.69, 9.17) is 4.74 Å². The Labute approximate surface area is 154 Å². The molecule has 0 aromatic heterocycles. The van der Waals surface area contributed by atoms with Crippen molar-refractivity contribution in [3.63, 3.8) is 0 Å². The van der Waals surface area contributed by atoms with Crippen LogP contribution in [-0.4, -0.2) is 75.4 Å². The van der Waals surface area contributed by atoms with Gasteiger partial charge in [0.2, 0.25) is 15.9 Å². The van der Waals surface area contributed by atoms with E-state index < -0.39 is 15.9 Å². The van der Waals surface area contributed by atoms with Gasteiger partial charge < -0.3 is 15.0 Å². The number of carbonyl (C=O) groups excluding carboxylic acids is 2. The maximum atomic E-state index is 12.7. The minimum atomic E-state index is -3.67. The molecule has 0 aliphatic carbocycles. The smallest absolute Gasteiger partial charge is 0.251 e. The molecule has 1 N–H and O–H groups in total. The standard InChI is InChI=1S/C17H25N3O5S/c1-3-19(4-2)16(21)13-18-17(22)14-6-5-7-15(12-14)26(23,24)20-8-10-25-11-9-20/h5-7,12H,3-4,8-11,13H2,1-2H3,(H,18,22). The number of benzene rings is 1. The minimum absolute atomic E-state index is 0.0575. The van der Waals surface area contributed by atoms with Crippen LogP contribution in [-0.2, 0) is 19.6 Å². The maximum absolute atomic E-state index is 12.7. The van der Waals surface area contributed by atoms with Crippen LogP contribution in [0, 0.1) is 0 Å². The summed E-state index contributed by atoms with van der Waals surface area (Å²) in [4.78, 5) is 25.9. The van der Waals surface area contributed by atoms with Crippen LogP contribution in [0.4, 0.5) is 0 Å². The number of sulfonamides is 1. The fourth-order valence-corrected chi connectivity index (χ4v) is 4.13. The van der Waals surface area contributed by atoms with Crippen molar-refractivity contribution in [3.05, 3.63) is 29.8 Å². The first-order valence-corrected chi connectivity index (χ1v) is 10.1. The van der Waals surface area contributed by atoms with E-state index in [0.717, 1.165) is 0 Å². The third-order valence-corrected chi connectivity index (χ3v) is 6.12. The van der Waals surface area contributed by atoms with Gasteiger partial charge in [0, 0.05) is 31.7 Å². The van der Waals surface area contributed by atoms with E-state index in [2.05, 4.69) is 5.32 Å². The number of hydrogen-bond acceptors (Lipinski definition) is 5. The van der Waals surface area contributed by atoms with Gasteiger partial charge >= 0.3 is 0 Å². The maximum Gasteiger partial charge on any atom is 0.251 e. The van der Waals surface area contributed by atoms with Gasteiger partial charge in [0.15, 0.2) is 0 Å². The van der Waals surface area contributed by atoms with E-state index in [0.29, 0.717) is 26.3 Å². The van der Waals surface area contributed by atoms with Gasteiger partial charge in [-0.05, 0) is 32.0 Å². The lowest BCUT2D eigenvalue weighted by Crippen LogP contribution is -2.41. The average Bonchev–Trinajstić information content (AvgIpc) is 2.67. The third-order valence-electron chi connectivity index (χ3n) is 4.22. The fourth-order valence-electron chi connectivity index (χ4n) is 2.68. The Hall–Kier alpha value is -1.97. The Bertz CT molecular complexity index is 741. The summed E-state index contributed by atoms with van der Waals surface area (Å²) >= 11 is 0. The quantitative estimate of drug-likeness (QED) is 0.731. The monoisotopic (exact) mass is 383 g/mol. The first kappa shape index (κ1) is 20.3. The normalized spacial score (nSPS) is 15.5. The molecule has 1 aromatic carbocycles. The fraction of sp³-hybridized carbons (Fsp3) is 0.529. The molecule has 0 atom stereocenters. The number of hydrogen-bond donors (Lipinski definition) is 1. The van der Waals surface area contributed by atoms with Crippen LogP contribution >= 0.6 is 0 Å². The van der Waals surface area contributed by atoms with E-state index in [9.17, 15) is 18.0 Å². The predicted octanol–water partition coefficient (Wildman–Crippen LogP) is 0.306. The molecule has 0 bridgehead atoms. The number of carbonyl (C=O) groups is 2. The highest BCUT2D eigenvalue weighted by Crippen LogP contribution is 2.18. The van der Waals surface area contributed by atoms with E-state index >= 15 is 0 Å². The molecule has 0 spiro atoms. The molecule has 1 aliphatic rings. The number of morpholine rings is 1. The molecule has 2 amide bonds. The Morgan fingerprint density at radius 1 is 1.19 bits per heavy atom. The van der Waals surface area contributed by atoms with Crippen LogP contribution in [0.25, 0.3) is 0 Å². The largest absolute Gasteiger partial charge is 0.379 e. The molecule has 144 valence electrons. The van der Waals surface area contributed by atoms with Crippen molar-refractivity contribution in [1.29, 1.82) is 0 Å². The third kappa shape index (κ3) is 4.80. The van der Waals surface area contributed by atoms with Gasteiger partial charge in [-0.15, -0.1) is 0 Å². The second-order valence-electron chi connectivity index (χ2n) is 5.79. The van der Waals surface area contributed by atoms with Gasteiger partial charge in [-0.1, -0.05) is 6.07 Å². The van der Waals surface area contributed by atoms with Crippen LogP contribution in [0.2, 0.25) is 0 Å². The summed E-state index contributed by atoms with van der Waals surface area (Å²) in [5.74, 6) is -0.662. The molecule has 8 nitrogen and oxygen atoms in total. The van der Waals surface area contributed by atoms with Crippen molar-refractivity contribution in [2.75, 3.05) is 45.9 Å². The Kier molecular flexibility index (Phi) is 7.13. The van der Waals surface area contributed by atoms with Crippen molar-refractivity contribution < 1.29 is 22.7 Å².